The van der Waals surface area contributed by atoms with Crippen LogP contribution in [-0.2, 0) is 12.8 Å². The Bertz CT molecular complexity index is 971. The molecule has 33 heavy (non-hydrogen) atoms. The number of hydrogen-bond acceptors (Lipinski definition) is 4. The summed E-state index contributed by atoms with van der Waals surface area (Å²) in [6.45, 7) is 13.1. The van der Waals surface area contributed by atoms with E-state index in [1.165, 1.54) is 24.0 Å². The summed E-state index contributed by atoms with van der Waals surface area (Å²) < 4.78 is 12.4. The van der Waals surface area contributed by atoms with Crippen molar-refractivity contribution in [1.82, 2.24) is 0 Å². The van der Waals surface area contributed by atoms with Crippen LogP contribution in [0.15, 0.2) is 46.4 Å². The molecule has 178 valence electrons. The topological polar surface area (TPSA) is 43.2 Å². The number of fused-ring (bicyclic) bond motifs is 2. The van der Waals surface area contributed by atoms with Crippen LogP contribution in [0.1, 0.15) is 89.5 Å². The Morgan fingerprint density at radius 1 is 0.788 bits per heavy atom. The van der Waals surface area contributed by atoms with E-state index >= 15 is 0 Å². The maximum Gasteiger partial charge on any atom is 0.230 e. The molecule has 0 unspecified atom stereocenters. The van der Waals surface area contributed by atoms with E-state index in [4.69, 9.17) is 19.5 Å². The summed E-state index contributed by atoms with van der Waals surface area (Å²) in [7, 11) is 0. The number of ether oxygens (including phenoxy) is 2. The second-order valence-corrected chi connectivity index (χ2v) is 9.96. The van der Waals surface area contributed by atoms with Crippen LogP contribution in [0.4, 0.5) is 0 Å². The van der Waals surface area contributed by atoms with Gasteiger partial charge in [0.05, 0.1) is 11.1 Å². The van der Waals surface area contributed by atoms with Crippen molar-refractivity contribution in [2.75, 3.05) is 6.79 Å². The molecule has 0 bridgehead atoms. The molecule has 0 saturated carbocycles. The van der Waals surface area contributed by atoms with Gasteiger partial charge in [0, 0.05) is 23.6 Å². The molecule has 4 heteroatoms. The van der Waals surface area contributed by atoms with Gasteiger partial charge < -0.3 is 9.47 Å². The van der Waals surface area contributed by atoms with E-state index < -0.39 is 11.1 Å². The first-order chi connectivity index (χ1) is 15.8. The molecule has 0 spiro atoms. The number of para-hydroxylation sites is 1. The van der Waals surface area contributed by atoms with E-state index in [0.717, 1.165) is 48.3 Å². The number of benzene rings is 2. The molecule has 0 saturated heterocycles. The highest BCUT2D eigenvalue weighted by Crippen LogP contribution is 2.32. The largest absolute Gasteiger partial charge is 0.457 e. The predicted octanol–water partition coefficient (Wildman–Crippen LogP) is 7.20. The predicted molar refractivity (Wildman–Crippen MR) is 140 cm³/mol. The zero-order chi connectivity index (χ0) is 23.9. The lowest BCUT2D eigenvalue weighted by Crippen LogP contribution is -2.42. The molecule has 0 amide bonds. The fourth-order valence-electron chi connectivity index (χ4n) is 3.74. The van der Waals surface area contributed by atoms with E-state index in [1.54, 1.807) is 0 Å². The molecule has 1 heterocycles. The van der Waals surface area contributed by atoms with Gasteiger partial charge in [-0.2, -0.15) is 0 Å². The molecule has 0 aliphatic carbocycles. The van der Waals surface area contributed by atoms with Crippen molar-refractivity contribution in [2.24, 2.45) is 9.98 Å². The minimum absolute atomic E-state index is 0.145. The highest BCUT2D eigenvalue weighted by Gasteiger charge is 2.36. The standard InChI is InChI=1S/C29H40N2O2/c1-7-9-12-22-16-17-26-25(18-22)20-31-29(5,6)28(3,4)30-19-24-15-11-14-23(13-10-8-2)27(24)33-21-32-26/h11,14-20H,7-10,12-13,21H2,1-6H3. The Kier molecular flexibility index (Phi) is 8.34. The fourth-order valence-corrected chi connectivity index (χ4v) is 3.74. The summed E-state index contributed by atoms with van der Waals surface area (Å²) in [4.78, 5) is 9.98. The minimum atomic E-state index is -0.408. The first-order valence-electron chi connectivity index (χ1n) is 12.4. The van der Waals surface area contributed by atoms with Gasteiger partial charge in [0.15, 0.2) is 0 Å². The first-order valence-corrected chi connectivity index (χ1v) is 12.4. The molecule has 3 rings (SSSR count). The minimum Gasteiger partial charge on any atom is -0.457 e. The third kappa shape index (κ3) is 6.25. The molecule has 0 atom stereocenters. The van der Waals surface area contributed by atoms with Crippen molar-refractivity contribution in [3.05, 3.63) is 58.7 Å². The van der Waals surface area contributed by atoms with Crippen LogP contribution in [-0.4, -0.2) is 30.3 Å². The van der Waals surface area contributed by atoms with Crippen LogP contribution in [0, 0.1) is 0 Å². The summed E-state index contributed by atoms with van der Waals surface area (Å²) in [5, 5.41) is 0. The summed E-state index contributed by atoms with van der Waals surface area (Å²) in [5.41, 5.74) is 3.65. The number of aliphatic imine (C=N–C) groups is 2. The van der Waals surface area contributed by atoms with Gasteiger partial charge in [-0.25, -0.2) is 0 Å². The van der Waals surface area contributed by atoms with Gasteiger partial charge in [0.2, 0.25) is 6.79 Å². The van der Waals surface area contributed by atoms with Gasteiger partial charge in [0.25, 0.3) is 0 Å². The average molecular weight is 449 g/mol. The summed E-state index contributed by atoms with van der Waals surface area (Å²) in [6, 6.07) is 12.7. The Balaban J connectivity index is 2.05. The zero-order valence-electron chi connectivity index (χ0n) is 21.3. The van der Waals surface area contributed by atoms with Crippen LogP contribution in [0.2, 0.25) is 0 Å². The molecular weight excluding hydrogens is 408 g/mol. The van der Waals surface area contributed by atoms with E-state index in [2.05, 4.69) is 71.9 Å². The molecule has 2 aromatic carbocycles. The lowest BCUT2D eigenvalue weighted by atomic mass is 9.83. The highest BCUT2D eigenvalue weighted by molar-refractivity contribution is 5.86. The SMILES string of the molecule is CCCCc1ccc2c(c1)C=NC(C)(C)C(C)(C)N=Cc1cccc(CCCC)c1OCO2. The molecular formula is C29H40N2O2. The summed E-state index contributed by atoms with van der Waals surface area (Å²) >= 11 is 0. The number of hydrogen-bond donors (Lipinski definition) is 0. The molecule has 0 fully saturated rings. The second kappa shape index (κ2) is 11.0. The highest BCUT2D eigenvalue weighted by atomic mass is 16.7. The van der Waals surface area contributed by atoms with E-state index in [0.29, 0.717) is 0 Å². The monoisotopic (exact) mass is 448 g/mol. The number of nitrogens with zero attached hydrogens (tertiary/aromatic N) is 2. The lowest BCUT2D eigenvalue weighted by molar-refractivity contribution is 0.118. The first kappa shape index (κ1) is 25.0. The third-order valence-electron chi connectivity index (χ3n) is 6.79. The molecule has 0 N–H and O–H groups in total. The van der Waals surface area contributed by atoms with Gasteiger partial charge in [-0.15, -0.1) is 0 Å². The van der Waals surface area contributed by atoms with Gasteiger partial charge in [0.1, 0.15) is 11.5 Å². The Labute approximate surface area is 200 Å². The van der Waals surface area contributed by atoms with Crippen molar-refractivity contribution < 1.29 is 9.47 Å². The molecule has 2 aromatic rings. The maximum absolute atomic E-state index is 6.24. The maximum atomic E-state index is 6.24. The van der Waals surface area contributed by atoms with Gasteiger partial charge in [-0.3, -0.25) is 9.98 Å². The van der Waals surface area contributed by atoms with Crippen LogP contribution in [0.3, 0.4) is 0 Å². The molecule has 1 aliphatic heterocycles. The third-order valence-corrected chi connectivity index (χ3v) is 6.79. The smallest absolute Gasteiger partial charge is 0.230 e. The average Bonchev–Trinajstić information content (AvgIpc) is 2.80. The number of rotatable bonds is 6. The number of aryl methyl sites for hydroxylation is 2. The summed E-state index contributed by atoms with van der Waals surface area (Å²) in [5.74, 6) is 1.66. The Morgan fingerprint density at radius 2 is 1.45 bits per heavy atom. The fraction of sp³-hybridized carbons (Fsp3) is 0.517. The van der Waals surface area contributed by atoms with Crippen molar-refractivity contribution in [3.63, 3.8) is 0 Å². The quantitative estimate of drug-likeness (QED) is 0.469. The van der Waals surface area contributed by atoms with Crippen LogP contribution in [0.25, 0.3) is 0 Å². The van der Waals surface area contributed by atoms with Crippen molar-refractivity contribution >= 4 is 12.4 Å². The van der Waals surface area contributed by atoms with Crippen LogP contribution < -0.4 is 9.47 Å². The Hall–Kier alpha value is -2.62. The Morgan fingerprint density at radius 3 is 2.15 bits per heavy atom. The van der Waals surface area contributed by atoms with Crippen LogP contribution in [0.5, 0.6) is 11.5 Å². The zero-order valence-corrected chi connectivity index (χ0v) is 21.3. The van der Waals surface area contributed by atoms with Crippen molar-refractivity contribution in [3.8, 4) is 11.5 Å². The van der Waals surface area contributed by atoms with E-state index in [9.17, 15) is 0 Å². The molecule has 0 aromatic heterocycles. The second-order valence-electron chi connectivity index (χ2n) is 9.96. The normalized spacial score (nSPS) is 16.9. The van der Waals surface area contributed by atoms with Gasteiger partial charge >= 0.3 is 0 Å². The number of unbranched alkanes of at least 4 members (excludes halogenated alkanes) is 2. The van der Waals surface area contributed by atoms with Crippen molar-refractivity contribution in [1.29, 1.82) is 0 Å². The lowest BCUT2D eigenvalue weighted by Gasteiger charge is -2.35. The summed E-state index contributed by atoms with van der Waals surface area (Å²) in [6.07, 6.45) is 10.5. The van der Waals surface area contributed by atoms with Gasteiger partial charge in [-0.1, -0.05) is 44.9 Å². The molecule has 0 radical (unpaired) electrons. The van der Waals surface area contributed by atoms with E-state index in [1.807, 2.05) is 18.5 Å². The van der Waals surface area contributed by atoms with E-state index in [-0.39, 0.29) is 6.79 Å². The molecule has 1 aliphatic rings. The van der Waals surface area contributed by atoms with Gasteiger partial charge in [-0.05, 0) is 82.7 Å². The molecule has 4 nitrogen and oxygen atoms in total. The van der Waals surface area contributed by atoms with Crippen LogP contribution >= 0.6 is 0 Å². The van der Waals surface area contributed by atoms with Crippen molar-refractivity contribution in [2.45, 2.75) is 91.1 Å².